The van der Waals surface area contributed by atoms with Crippen molar-refractivity contribution >= 4 is 11.9 Å². The highest BCUT2D eigenvalue weighted by atomic mass is 16.4. The molecule has 0 aromatic heterocycles. The van der Waals surface area contributed by atoms with Crippen molar-refractivity contribution < 1.29 is 19.8 Å². The number of carbonyl (C=O) groups is 2. The third-order valence-electron chi connectivity index (χ3n) is 2.72. The molecule has 0 aliphatic heterocycles. The number of carbonyl (C=O) groups excluding carboxylic acids is 1. The SMILES string of the molecule is O=C(CC1CCC1)NCCC(O)C(=O)O. The lowest BCUT2D eigenvalue weighted by Gasteiger charge is -2.24. The van der Waals surface area contributed by atoms with E-state index in [0.29, 0.717) is 12.3 Å². The van der Waals surface area contributed by atoms with Gasteiger partial charge in [0.1, 0.15) is 0 Å². The second-order valence-corrected chi connectivity index (χ2v) is 3.99. The van der Waals surface area contributed by atoms with Gasteiger partial charge in [0.25, 0.3) is 0 Å². The van der Waals surface area contributed by atoms with Crippen molar-refractivity contribution in [2.75, 3.05) is 6.54 Å². The standard InChI is InChI=1S/C10H17NO4/c12-8(10(14)15)4-5-11-9(13)6-7-2-1-3-7/h7-8,12H,1-6H2,(H,11,13)(H,14,15). The largest absolute Gasteiger partial charge is 0.479 e. The van der Waals surface area contributed by atoms with Crippen LogP contribution in [-0.4, -0.2) is 34.7 Å². The quantitative estimate of drug-likeness (QED) is 0.587. The number of aliphatic hydroxyl groups excluding tert-OH is 1. The fourth-order valence-corrected chi connectivity index (χ4v) is 1.50. The number of rotatable bonds is 6. The van der Waals surface area contributed by atoms with E-state index in [0.717, 1.165) is 12.8 Å². The first-order valence-electron chi connectivity index (χ1n) is 5.27. The van der Waals surface area contributed by atoms with Crippen LogP contribution in [0.1, 0.15) is 32.1 Å². The van der Waals surface area contributed by atoms with E-state index in [2.05, 4.69) is 5.32 Å². The first-order valence-corrected chi connectivity index (χ1v) is 5.27. The van der Waals surface area contributed by atoms with Gasteiger partial charge in [0.05, 0.1) is 0 Å². The van der Waals surface area contributed by atoms with E-state index in [1.807, 2.05) is 0 Å². The lowest BCUT2D eigenvalue weighted by molar-refractivity contribution is -0.147. The van der Waals surface area contributed by atoms with E-state index >= 15 is 0 Å². The summed E-state index contributed by atoms with van der Waals surface area (Å²) in [7, 11) is 0. The van der Waals surface area contributed by atoms with E-state index in [1.54, 1.807) is 0 Å². The Labute approximate surface area is 88.5 Å². The summed E-state index contributed by atoms with van der Waals surface area (Å²) >= 11 is 0. The molecular weight excluding hydrogens is 198 g/mol. The molecule has 86 valence electrons. The molecule has 0 bridgehead atoms. The molecule has 1 unspecified atom stereocenters. The van der Waals surface area contributed by atoms with Gasteiger partial charge in [0.2, 0.25) is 5.91 Å². The average molecular weight is 215 g/mol. The molecule has 0 saturated heterocycles. The Kier molecular flexibility index (Phi) is 4.55. The molecular formula is C10H17NO4. The summed E-state index contributed by atoms with van der Waals surface area (Å²) < 4.78 is 0. The van der Waals surface area contributed by atoms with Crippen LogP contribution in [0.2, 0.25) is 0 Å². The molecule has 1 aliphatic carbocycles. The minimum atomic E-state index is -1.38. The molecule has 1 fully saturated rings. The average Bonchev–Trinajstić information content (AvgIpc) is 2.11. The predicted molar refractivity (Wildman–Crippen MR) is 53.2 cm³/mol. The second-order valence-electron chi connectivity index (χ2n) is 3.99. The Hall–Kier alpha value is -1.10. The molecule has 1 aliphatic rings. The van der Waals surface area contributed by atoms with Crippen LogP contribution in [0.5, 0.6) is 0 Å². The van der Waals surface area contributed by atoms with Crippen LogP contribution >= 0.6 is 0 Å². The molecule has 0 radical (unpaired) electrons. The van der Waals surface area contributed by atoms with Crippen LogP contribution in [0.25, 0.3) is 0 Å². The number of hydrogen-bond acceptors (Lipinski definition) is 3. The topological polar surface area (TPSA) is 86.6 Å². The van der Waals surface area contributed by atoms with Gasteiger partial charge in [0.15, 0.2) is 6.10 Å². The Bertz CT molecular complexity index is 238. The fraction of sp³-hybridized carbons (Fsp3) is 0.800. The predicted octanol–water partition coefficient (Wildman–Crippen LogP) is 0.128. The Morgan fingerprint density at radius 1 is 1.40 bits per heavy atom. The van der Waals surface area contributed by atoms with Gasteiger partial charge in [0, 0.05) is 19.4 Å². The molecule has 1 rings (SSSR count). The molecule has 5 heteroatoms. The van der Waals surface area contributed by atoms with Crippen molar-refractivity contribution in [1.29, 1.82) is 0 Å². The molecule has 3 N–H and O–H groups in total. The lowest BCUT2D eigenvalue weighted by atomic mass is 9.83. The molecule has 5 nitrogen and oxygen atoms in total. The van der Waals surface area contributed by atoms with E-state index in [4.69, 9.17) is 10.2 Å². The van der Waals surface area contributed by atoms with E-state index in [1.165, 1.54) is 6.42 Å². The molecule has 1 atom stereocenters. The van der Waals surface area contributed by atoms with Crippen molar-refractivity contribution in [3.63, 3.8) is 0 Å². The van der Waals surface area contributed by atoms with Crippen LogP contribution in [-0.2, 0) is 9.59 Å². The fourth-order valence-electron chi connectivity index (χ4n) is 1.50. The highest BCUT2D eigenvalue weighted by Gasteiger charge is 2.20. The van der Waals surface area contributed by atoms with E-state index < -0.39 is 12.1 Å². The van der Waals surface area contributed by atoms with Gasteiger partial charge in [-0.3, -0.25) is 4.79 Å². The number of carboxylic acids is 1. The first kappa shape index (κ1) is 12.0. The molecule has 15 heavy (non-hydrogen) atoms. The lowest BCUT2D eigenvalue weighted by Crippen LogP contribution is -2.32. The smallest absolute Gasteiger partial charge is 0.332 e. The van der Waals surface area contributed by atoms with Gasteiger partial charge in [-0.1, -0.05) is 6.42 Å². The summed E-state index contributed by atoms with van der Waals surface area (Å²) in [4.78, 5) is 21.5. The van der Waals surface area contributed by atoms with Crippen LogP contribution in [0.3, 0.4) is 0 Å². The van der Waals surface area contributed by atoms with Crippen molar-refractivity contribution in [3.05, 3.63) is 0 Å². The number of aliphatic carboxylic acids is 1. The van der Waals surface area contributed by atoms with Gasteiger partial charge in [-0.2, -0.15) is 0 Å². The van der Waals surface area contributed by atoms with Crippen LogP contribution < -0.4 is 5.32 Å². The highest BCUT2D eigenvalue weighted by molar-refractivity contribution is 5.76. The third-order valence-corrected chi connectivity index (χ3v) is 2.72. The maximum atomic E-state index is 11.3. The molecule has 0 heterocycles. The minimum Gasteiger partial charge on any atom is -0.479 e. The molecule has 0 aromatic carbocycles. The maximum Gasteiger partial charge on any atom is 0.332 e. The van der Waals surface area contributed by atoms with Crippen LogP contribution in [0.4, 0.5) is 0 Å². The van der Waals surface area contributed by atoms with Gasteiger partial charge in [-0.25, -0.2) is 4.79 Å². The van der Waals surface area contributed by atoms with E-state index in [9.17, 15) is 9.59 Å². The van der Waals surface area contributed by atoms with Gasteiger partial charge in [-0.15, -0.1) is 0 Å². The summed E-state index contributed by atoms with van der Waals surface area (Å²) in [5.74, 6) is -0.782. The number of nitrogens with one attached hydrogen (secondary N) is 1. The number of aliphatic hydroxyl groups is 1. The normalized spacial score (nSPS) is 17.9. The maximum absolute atomic E-state index is 11.3. The zero-order valence-electron chi connectivity index (χ0n) is 8.61. The van der Waals surface area contributed by atoms with Crippen LogP contribution in [0, 0.1) is 5.92 Å². The molecule has 0 spiro atoms. The number of amides is 1. The Balaban J connectivity index is 2.03. The summed E-state index contributed by atoms with van der Waals surface area (Å²) in [5.41, 5.74) is 0. The third kappa shape index (κ3) is 4.29. The number of carboxylic acid groups (broad SMARTS) is 1. The highest BCUT2D eigenvalue weighted by Crippen LogP contribution is 2.28. The van der Waals surface area contributed by atoms with Crippen LogP contribution in [0.15, 0.2) is 0 Å². The van der Waals surface area contributed by atoms with Crippen molar-refractivity contribution in [1.82, 2.24) is 5.32 Å². The van der Waals surface area contributed by atoms with Gasteiger partial charge >= 0.3 is 5.97 Å². The Morgan fingerprint density at radius 2 is 2.07 bits per heavy atom. The summed E-state index contributed by atoms with van der Waals surface area (Å²) in [6.07, 6.45) is 2.65. The van der Waals surface area contributed by atoms with Gasteiger partial charge < -0.3 is 15.5 Å². The first-order chi connectivity index (χ1) is 7.09. The molecule has 1 amide bonds. The van der Waals surface area contributed by atoms with Crippen molar-refractivity contribution in [2.45, 2.75) is 38.2 Å². The Morgan fingerprint density at radius 3 is 2.53 bits per heavy atom. The summed E-state index contributed by atoms with van der Waals surface area (Å²) in [6.45, 7) is 0.221. The second kappa shape index (κ2) is 5.70. The van der Waals surface area contributed by atoms with Crippen molar-refractivity contribution in [2.24, 2.45) is 5.92 Å². The minimum absolute atomic E-state index is 0.0442. The summed E-state index contributed by atoms with van der Waals surface area (Å²) in [6, 6.07) is 0. The monoisotopic (exact) mass is 215 g/mol. The summed E-state index contributed by atoms with van der Waals surface area (Å²) in [5, 5.41) is 19.9. The molecule has 0 aromatic rings. The van der Waals surface area contributed by atoms with Crippen molar-refractivity contribution in [3.8, 4) is 0 Å². The zero-order chi connectivity index (χ0) is 11.3. The van der Waals surface area contributed by atoms with Gasteiger partial charge in [-0.05, 0) is 18.8 Å². The zero-order valence-corrected chi connectivity index (χ0v) is 8.61. The molecule has 1 saturated carbocycles. The number of hydrogen-bond donors (Lipinski definition) is 3. The van der Waals surface area contributed by atoms with E-state index in [-0.39, 0.29) is 18.9 Å².